The normalized spacial score (nSPS) is 25.3. The van der Waals surface area contributed by atoms with Gasteiger partial charge in [-0.1, -0.05) is 12.2 Å². The van der Waals surface area contributed by atoms with Crippen LogP contribution in [-0.2, 0) is 9.59 Å². The largest absolute Gasteiger partial charge is 0.481 e. The van der Waals surface area contributed by atoms with Gasteiger partial charge in [-0.2, -0.15) is 0 Å². The summed E-state index contributed by atoms with van der Waals surface area (Å²) in [6.45, 7) is 3.73. The molecular formula is C11H17NO3. The van der Waals surface area contributed by atoms with E-state index < -0.39 is 17.8 Å². The number of carbonyl (C=O) groups excluding carboxylic acids is 1. The molecule has 0 aromatic rings. The van der Waals surface area contributed by atoms with E-state index in [1.165, 1.54) is 0 Å². The van der Waals surface area contributed by atoms with Crippen LogP contribution < -0.4 is 5.32 Å². The third-order valence-corrected chi connectivity index (χ3v) is 2.52. The Morgan fingerprint density at radius 3 is 2.27 bits per heavy atom. The second-order valence-electron chi connectivity index (χ2n) is 4.16. The molecule has 0 saturated carbocycles. The van der Waals surface area contributed by atoms with Crippen LogP contribution in [0.5, 0.6) is 0 Å². The van der Waals surface area contributed by atoms with Gasteiger partial charge in [-0.15, -0.1) is 0 Å². The number of hydrogen-bond donors (Lipinski definition) is 2. The molecule has 2 atom stereocenters. The summed E-state index contributed by atoms with van der Waals surface area (Å²) < 4.78 is 0. The summed E-state index contributed by atoms with van der Waals surface area (Å²) in [5.74, 6) is -2.03. The molecule has 4 nitrogen and oxygen atoms in total. The van der Waals surface area contributed by atoms with Crippen LogP contribution in [0.3, 0.4) is 0 Å². The van der Waals surface area contributed by atoms with Crippen molar-refractivity contribution in [1.82, 2.24) is 5.32 Å². The van der Waals surface area contributed by atoms with Crippen molar-refractivity contribution in [3.63, 3.8) is 0 Å². The lowest BCUT2D eigenvalue weighted by Crippen LogP contribution is -2.41. The predicted molar refractivity (Wildman–Crippen MR) is 56.3 cm³/mol. The summed E-state index contributed by atoms with van der Waals surface area (Å²) in [5, 5.41) is 11.7. The van der Waals surface area contributed by atoms with Gasteiger partial charge in [0.2, 0.25) is 5.91 Å². The summed E-state index contributed by atoms with van der Waals surface area (Å²) in [7, 11) is 0. The number of carboxylic acid groups (broad SMARTS) is 1. The maximum Gasteiger partial charge on any atom is 0.307 e. The molecule has 0 spiro atoms. The van der Waals surface area contributed by atoms with Crippen LogP contribution in [0.1, 0.15) is 26.7 Å². The topological polar surface area (TPSA) is 66.4 Å². The van der Waals surface area contributed by atoms with Crippen molar-refractivity contribution >= 4 is 11.9 Å². The highest BCUT2D eigenvalue weighted by Crippen LogP contribution is 2.26. The molecule has 1 rings (SSSR count). The van der Waals surface area contributed by atoms with E-state index in [4.69, 9.17) is 5.11 Å². The van der Waals surface area contributed by atoms with E-state index in [9.17, 15) is 9.59 Å². The zero-order chi connectivity index (χ0) is 11.4. The average molecular weight is 211 g/mol. The Balaban J connectivity index is 2.69. The second-order valence-corrected chi connectivity index (χ2v) is 4.16. The van der Waals surface area contributed by atoms with Gasteiger partial charge >= 0.3 is 5.97 Å². The van der Waals surface area contributed by atoms with E-state index in [0.717, 1.165) is 0 Å². The van der Waals surface area contributed by atoms with Crippen LogP contribution in [0.15, 0.2) is 12.2 Å². The lowest BCUT2D eigenvalue weighted by atomic mass is 9.82. The lowest BCUT2D eigenvalue weighted by Gasteiger charge is -2.25. The van der Waals surface area contributed by atoms with Crippen LogP contribution in [0.4, 0.5) is 0 Å². The van der Waals surface area contributed by atoms with Crippen molar-refractivity contribution in [2.24, 2.45) is 11.8 Å². The molecule has 0 aromatic carbocycles. The highest BCUT2D eigenvalue weighted by Gasteiger charge is 2.33. The van der Waals surface area contributed by atoms with Gasteiger partial charge in [0.05, 0.1) is 11.8 Å². The SMILES string of the molecule is CC(C)NC(=O)[C@@H]1CC=CC[C@H]1C(=O)O. The van der Waals surface area contributed by atoms with Crippen LogP contribution in [0.25, 0.3) is 0 Å². The molecule has 4 heteroatoms. The minimum absolute atomic E-state index is 0.0536. The highest BCUT2D eigenvalue weighted by molar-refractivity contribution is 5.85. The molecule has 1 aliphatic rings. The molecule has 0 unspecified atom stereocenters. The number of hydrogen-bond acceptors (Lipinski definition) is 2. The van der Waals surface area contributed by atoms with Gasteiger partial charge in [0.15, 0.2) is 0 Å². The Kier molecular flexibility index (Phi) is 3.88. The maximum absolute atomic E-state index is 11.7. The van der Waals surface area contributed by atoms with E-state index in [1.807, 2.05) is 26.0 Å². The minimum atomic E-state index is -0.886. The van der Waals surface area contributed by atoms with Crippen LogP contribution in [0, 0.1) is 11.8 Å². The number of rotatable bonds is 3. The molecule has 0 radical (unpaired) electrons. The average Bonchev–Trinajstić information content (AvgIpc) is 2.16. The van der Waals surface area contributed by atoms with Crippen molar-refractivity contribution < 1.29 is 14.7 Å². The van der Waals surface area contributed by atoms with Gasteiger partial charge in [0, 0.05) is 6.04 Å². The van der Waals surface area contributed by atoms with Crippen LogP contribution in [0.2, 0.25) is 0 Å². The molecule has 15 heavy (non-hydrogen) atoms. The van der Waals surface area contributed by atoms with Crippen molar-refractivity contribution in [2.75, 3.05) is 0 Å². The Hall–Kier alpha value is -1.32. The third-order valence-electron chi connectivity index (χ3n) is 2.52. The highest BCUT2D eigenvalue weighted by atomic mass is 16.4. The van der Waals surface area contributed by atoms with Gasteiger partial charge in [-0.25, -0.2) is 0 Å². The second kappa shape index (κ2) is 4.96. The molecule has 84 valence electrons. The number of aliphatic carboxylic acids is 1. The van der Waals surface area contributed by atoms with E-state index >= 15 is 0 Å². The predicted octanol–water partition coefficient (Wildman–Crippen LogP) is 1.18. The summed E-state index contributed by atoms with van der Waals surface area (Å²) in [6, 6.07) is 0.0536. The molecule has 0 saturated heterocycles. The molecule has 0 heterocycles. The van der Waals surface area contributed by atoms with E-state index in [2.05, 4.69) is 5.32 Å². The first-order chi connectivity index (χ1) is 7.02. The van der Waals surface area contributed by atoms with Gasteiger partial charge in [-0.3, -0.25) is 9.59 Å². The number of allylic oxidation sites excluding steroid dienone is 2. The summed E-state index contributed by atoms with van der Waals surface area (Å²) in [4.78, 5) is 22.7. The molecule has 0 bridgehead atoms. The standard InChI is InChI=1S/C11H17NO3/c1-7(2)12-10(13)8-5-3-4-6-9(8)11(14)15/h3-4,7-9H,5-6H2,1-2H3,(H,12,13)(H,14,15)/t8-,9-/m1/s1. The first kappa shape index (κ1) is 11.8. The monoisotopic (exact) mass is 211 g/mol. The molecule has 1 amide bonds. The van der Waals surface area contributed by atoms with Crippen molar-refractivity contribution in [1.29, 1.82) is 0 Å². The van der Waals surface area contributed by atoms with Gasteiger partial charge in [-0.05, 0) is 26.7 Å². The zero-order valence-corrected chi connectivity index (χ0v) is 9.06. The quantitative estimate of drug-likeness (QED) is 0.689. The first-order valence-electron chi connectivity index (χ1n) is 5.20. The minimum Gasteiger partial charge on any atom is -0.481 e. The Morgan fingerprint density at radius 2 is 1.80 bits per heavy atom. The maximum atomic E-state index is 11.7. The zero-order valence-electron chi connectivity index (χ0n) is 9.06. The van der Waals surface area contributed by atoms with Crippen molar-refractivity contribution in [3.05, 3.63) is 12.2 Å². The fourth-order valence-electron chi connectivity index (χ4n) is 1.77. The number of amides is 1. The Morgan fingerprint density at radius 1 is 1.27 bits per heavy atom. The van der Waals surface area contributed by atoms with E-state index in [1.54, 1.807) is 0 Å². The summed E-state index contributed by atoms with van der Waals surface area (Å²) in [5.41, 5.74) is 0. The Bertz CT molecular complexity index is 284. The smallest absolute Gasteiger partial charge is 0.307 e. The molecule has 2 N–H and O–H groups in total. The van der Waals surface area contributed by atoms with Crippen molar-refractivity contribution in [2.45, 2.75) is 32.7 Å². The fourth-order valence-corrected chi connectivity index (χ4v) is 1.77. The number of carbonyl (C=O) groups is 2. The van der Waals surface area contributed by atoms with Gasteiger partial charge < -0.3 is 10.4 Å². The van der Waals surface area contributed by atoms with Crippen LogP contribution >= 0.6 is 0 Å². The Labute approximate surface area is 89.4 Å². The van der Waals surface area contributed by atoms with Gasteiger partial charge in [0.25, 0.3) is 0 Å². The number of carboxylic acids is 1. The fraction of sp³-hybridized carbons (Fsp3) is 0.636. The van der Waals surface area contributed by atoms with Crippen molar-refractivity contribution in [3.8, 4) is 0 Å². The third kappa shape index (κ3) is 3.08. The summed E-state index contributed by atoms with van der Waals surface area (Å²) in [6.07, 6.45) is 4.68. The van der Waals surface area contributed by atoms with Gasteiger partial charge in [0.1, 0.15) is 0 Å². The van der Waals surface area contributed by atoms with E-state index in [-0.39, 0.29) is 11.9 Å². The first-order valence-corrected chi connectivity index (χ1v) is 5.20. The molecular weight excluding hydrogens is 194 g/mol. The number of nitrogens with one attached hydrogen (secondary N) is 1. The molecule has 0 fully saturated rings. The lowest BCUT2D eigenvalue weighted by molar-refractivity contribution is -0.147. The van der Waals surface area contributed by atoms with E-state index in [0.29, 0.717) is 12.8 Å². The van der Waals surface area contributed by atoms with Crippen LogP contribution in [-0.4, -0.2) is 23.0 Å². The molecule has 0 aromatic heterocycles. The molecule has 0 aliphatic heterocycles. The summed E-state index contributed by atoms with van der Waals surface area (Å²) >= 11 is 0. The molecule has 1 aliphatic carbocycles.